The fourth-order valence-corrected chi connectivity index (χ4v) is 2.75. The summed E-state index contributed by atoms with van der Waals surface area (Å²) in [6.45, 7) is -0.0698. The Balaban J connectivity index is 2.00. The molecule has 0 aliphatic rings. The molecule has 0 aromatic heterocycles. The molecule has 0 heterocycles. The van der Waals surface area contributed by atoms with Gasteiger partial charge in [-0.1, -0.05) is 6.07 Å². The quantitative estimate of drug-likeness (QED) is 0.799. The van der Waals surface area contributed by atoms with Crippen LogP contribution in [0.5, 0.6) is 11.5 Å². The number of likely N-dealkylation sites (N-methyl/N-ethyl adjacent to an activating group) is 1. The molecule has 6 nitrogen and oxygen atoms in total. The first-order valence-corrected chi connectivity index (χ1v) is 8.26. The lowest BCUT2D eigenvalue weighted by molar-refractivity contribution is -0.116. The molecule has 2 amide bonds. The van der Waals surface area contributed by atoms with Crippen molar-refractivity contribution in [2.45, 2.75) is 0 Å². The van der Waals surface area contributed by atoms with Crippen molar-refractivity contribution in [3.05, 3.63) is 52.5 Å². The Kier molecular flexibility index (Phi) is 6.41. The molecule has 0 unspecified atom stereocenters. The molecule has 0 fully saturated rings. The Labute approximate surface area is 154 Å². The molecule has 0 atom stereocenters. The number of nitrogens with zero attached hydrogens (tertiary/aromatic N) is 1. The van der Waals surface area contributed by atoms with E-state index in [1.807, 2.05) is 0 Å². The standard InChI is InChI=1S/C18H19BrN2O4/c1-21(18(23)12-7-8-16(25-3)15(19)9-12)11-17(22)20-13-5-4-6-14(10-13)24-2/h4-10H,11H2,1-3H3,(H,20,22). The van der Waals surface area contributed by atoms with Crippen molar-refractivity contribution < 1.29 is 19.1 Å². The lowest BCUT2D eigenvalue weighted by Gasteiger charge is -2.17. The Morgan fingerprint density at radius 2 is 1.88 bits per heavy atom. The van der Waals surface area contributed by atoms with Gasteiger partial charge in [-0.2, -0.15) is 0 Å². The fraction of sp³-hybridized carbons (Fsp3) is 0.222. The van der Waals surface area contributed by atoms with Crippen LogP contribution < -0.4 is 14.8 Å². The van der Waals surface area contributed by atoms with Crippen molar-refractivity contribution in [1.29, 1.82) is 0 Å². The number of benzene rings is 2. The maximum atomic E-state index is 12.4. The fourth-order valence-electron chi connectivity index (χ4n) is 2.21. The van der Waals surface area contributed by atoms with Gasteiger partial charge in [0.15, 0.2) is 0 Å². The molecule has 0 saturated carbocycles. The van der Waals surface area contributed by atoms with E-state index in [-0.39, 0.29) is 18.4 Å². The first kappa shape index (κ1) is 18.8. The molecule has 132 valence electrons. The van der Waals surface area contributed by atoms with Crippen LogP contribution in [-0.4, -0.2) is 44.5 Å². The van der Waals surface area contributed by atoms with Crippen molar-refractivity contribution in [2.75, 3.05) is 33.1 Å². The van der Waals surface area contributed by atoms with E-state index in [4.69, 9.17) is 9.47 Å². The van der Waals surface area contributed by atoms with Gasteiger partial charge in [0.05, 0.1) is 25.2 Å². The van der Waals surface area contributed by atoms with Gasteiger partial charge in [-0.05, 0) is 46.3 Å². The van der Waals surface area contributed by atoms with Crippen LogP contribution in [0.1, 0.15) is 10.4 Å². The number of rotatable bonds is 6. The van der Waals surface area contributed by atoms with Crippen LogP contribution >= 0.6 is 15.9 Å². The first-order valence-electron chi connectivity index (χ1n) is 7.47. The van der Waals surface area contributed by atoms with Gasteiger partial charge in [-0.15, -0.1) is 0 Å². The average Bonchev–Trinajstić information content (AvgIpc) is 2.60. The van der Waals surface area contributed by atoms with Crippen molar-refractivity contribution in [1.82, 2.24) is 4.90 Å². The molecule has 2 aromatic carbocycles. The third kappa shape index (κ3) is 4.96. The van der Waals surface area contributed by atoms with E-state index in [0.29, 0.717) is 27.2 Å². The van der Waals surface area contributed by atoms with Crippen LogP contribution in [0.25, 0.3) is 0 Å². The normalized spacial score (nSPS) is 10.1. The molecule has 25 heavy (non-hydrogen) atoms. The number of anilines is 1. The maximum Gasteiger partial charge on any atom is 0.254 e. The number of halogens is 1. The van der Waals surface area contributed by atoms with Crippen molar-refractivity contribution >= 4 is 33.4 Å². The van der Waals surface area contributed by atoms with Crippen LogP contribution in [0.3, 0.4) is 0 Å². The van der Waals surface area contributed by atoms with Gasteiger partial charge >= 0.3 is 0 Å². The monoisotopic (exact) mass is 406 g/mol. The van der Waals surface area contributed by atoms with Gasteiger partial charge in [0.25, 0.3) is 5.91 Å². The van der Waals surface area contributed by atoms with Gasteiger partial charge < -0.3 is 19.7 Å². The second-order valence-corrected chi connectivity index (χ2v) is 6.15. The largest absolute Gasteiger partial charge is 0.497 e. The number of amides is 2. The lowest BCUT2D eigenvalue weighted by Crippen LogP contribution is -2.34. The zero-order chi connectivity index (χ0) is 18.4. The molecule has 0 radical (unpaired) electrons. The lowest BCUT2D eigenvalue weighted by atomic mass is 10.2. The Morgan fingerprint density at radius 3 is 2.52 bits per heavy atom. The minimum absolute atomic E-state index is 0.0698. The van der Waals surface area contributed by atoms with Crippen molar-refractivity contribution in [3.63, 3.8) is 0 Å². The highest BCUT2D eigenvalue weighted by Crippen LogP contribution is 2.26. The Morgan fingerprint density at radius 1 is 1.12 bits per heavy atom. The van der Waals surface area contributed by atoms with Gasteiger partial charge in [-0.25, -0.2) is 0 Å². The number of hydrogen-bond donors (Lipinski definition) is 1. The predicted molar refractivity (Wildman–Crippen MR) is 99.3 cm³/mol. The van der Waals surface area contributed by atoms with E-state index < -0.39 is 0 Å². The summed E-state index contributed by atoms with van der Waals surface area (Å²) in [6, 6.07) is 12.0. The molecule has 0 aliphatic heterocycles. The second-order valence-electron chi connectivity index (χ2n) is 5.29. The Hall–Kier alpha value is -2.54. The van der Waals surface area contributed by atoms with E-state index >= 15 is 0 Å². The summed E-state index contributed by atoms with van der Waals surface area (Å²) in [7, 11) is 4.68. The van der Waals surface area contributed by atoms with Crippen LogP contribution in [0, 0.1) is 0 Å². The molecule has 0 spiro atoms. The average molecular weight is 407 g/mol. The summed E-state index contributed by atoms with van der Waals surface area (Å²) in [6.07, 6.45) is 0. The number of ether oxygens (including phenoxy) is 2. The van der Waals surface area contributed by atoms with Crippen LogP contribution in [0.4, 0.5) is 5.69 Å². The van der Waals surface area contributed by atoms with E-state index in [9.17, 15) is 9.59 Å². The molecule has 2 rings (SSSR count). The van der Waals surface area contributed by atoms with Crippen LogP contribution in [0.15, 0.2) is 46.9 Å². The van der Waals surface area contributed by atoms with E-state index in [0.717, 1.165) is 0 Å². The molecule has 1 N–H and O–H groups in total. The molecule has 0 saturated heterocycles. The third-order valence-corrected chi connectivity index (χ3v) is 4.10. The van der Waals surface area contributed by atoms with E-state index in [1.165, 1.54) is 4.90 Å². The second kappa shape index (κ2) is 8.53. The number of carbonyl (C=O) groups is 2. The summed E-state index contributed by atoms with van der Waals surface area (Å²) >= 11 is 3.35. The summed E-state index contributed by atoms with van der Waals surface area (Å²) < 4.78 is 10.9. The van der Waals surface area contributed by atoms with Crippen LogP contribution in [0.2, 0.25) is 0 Å². The summed E-state index contributed by atoms with van der Waals surface area (Å²) in [4.78, 5) is 26.0. The van der Waals surface area contributed by atoms with Gasteiger partial charge in [0.2, 0.25) is 5.91 Å². The SMILES string of the molecule is COc1cccc(NC(=O)CN(C)C(=O)c2ccc(OC)c(Br)c2)c1. The molecule has 0 bridgehead atoms. The van der Waals surface area contributed by atoms with E-state index in [2.05, 4.69) is 21.2 Å². The minimum atomic E-state index is -0.295. The number of methoxy groups -OCH3 is 2. The molecule has 0 aliphatic carbocycles. The highest BCUT2D eigenvalue weighted by atomic mass is 79.9. The van der Waals surface area contributed by atoms with Crippen molar-refractivity contribution in [3.8, 4) is 11.5 Å². The predicted octanol–water partition coefficient (Wildman–Crippen LogP) is 3.18. The zero-order valence-corrected chi connectivity index (χ0v) is 15.8. The van der Waals surface area contributed by atoms with Crippen molar-refractivity contribution in [2.24, 2.45) is 0 Å². The summed E-state index contributed by atoms with van der Waals surface area (Å²) in [5, 5.41) is 2.74. The number of nitrogens with one attached hydrogen (secondary N) is 1. The molecular weight excluding hydrogens is 388 g/mol. The molecule has 7 heteroatoms. The highest BCUT2D eigenvalue weighted by molar-refractivity contribution is 9.10. The van der Waals surface area contributed by atoms with Gasteiger partial charge in [0, 0.05) is 24.4 Å². The number of carbonyl (C=O) groups excluding carboxylic acids is 2. The molecule has 2 aromatic rings. The molecular formula is C18H19BrN2O4. The zero-order valence-electron chi connectivity index (χ0n) is 14.2. The number of hydrogen-bond acceptors (Lipinski definition) is 4. The van der Waals surface area contributed by atoms with Gasteiger partial charge in [-0.3, -0.25) is 9.59 Å². The highest BCUT2D eigenvalue weighted by Gasteiger charge is 2.16. The minimum Gasteiger partial charge on any atom is -0.497 e. The first-order chi connectivity index (χ1) is 11.9. The topological polar surface area (TPSA) is 67.9 Å². The van der Waals surface area contributed by atoms with Gasteiger partial charge in [0.1, 0.15) is 11.5 Å². The maximum absolute atomic E-state index is 12.4. The van der Waals surface area contributed by atoms with E-state index in [1.54, 1.807) is 63.7 Å². The smallest absolute Gasteiger partial charge is 0.254 e. The summed E-state index contributed by atoms with van der Waals surface area (Å²) in [5.74, 6) is 0.723. The van der Waals surface area contributed by atoms with Crippen LogP contribution in [-0.2, 0) is 4.79 Å². The third-order valence-electron chi connectivity index (χ3n) is 3.48. The summed E-state index contributed by atoms with van der Waals surface area (Å²) in [5.41, 5.74) is 1.07. The Bertz CT molecular complexity index is 779.